The summed E-state index contributed by atoms with van der Waals surface area (Å²) in [6, 6.07) is 10.9. The summed E-state index contributed by atoms with van der Waals surface area (Å²) in [6.45, 7) is 1.75. The number of aliphatic hydroxyl groups is 1. The molecule has 6 nitrogen and oxygen atoms in total. The standard InChI is InChI=1S/C29H32F2N2O4/c1-36-22-16-24-23(6-3-7-27(24)32-17-22)28(34)11-8-19-12-14-33(18-25(19)29(35)37-2)13-4-5-20-15-21(30)9-10-26(20)31/h3-7,9-10,15-17,19,25,28,34H,8,11-14,18H2,1-2H3/t19?,25?,28-/m0/s1. The van der Waals surface area contributed by atoms with Gasteiger partial charge in [-0.15, -0.1) is 0 Å². The lowest BCUT2D eigenvalue weighted by molar-refractivity contribution is -0.150. The van der Waals surface area contributed by atoms with E-state index in [-0.39, 0.29) is 23.4 Å². The van der Waals surface area contributed by atoms with Gasteiger partial charge in [0.15, 0.2) is 0 Å². The van der Waals surface area contributed by atoms with Crippen LogP contribution in [-0.4, -0.2) is 54.8 Å². The molecule has 0 radical (unpaired) electrons. The van der Waals surface area contributed by atoms with E-state index in [1.54, 1.807) is 25.5 Å². The minimum atomic E-state index is -0.710. The van der Waals surface area contributed by atoms with Gasteiger partial charge < -0.3 is 14.6 Å². The predicted molar refractivity (Wildman–Crippen MR) is 138 cm³/mol. The second-order valence-electron chi connectivity index (χ2n) is 9.39. The lowest BCUT2D eigenvalue weighted by Crippen LogP contribution is -2.44. The third-order valence-electron chi connectivity index (χ3n) is 7.10. The molecule has 1 saturated heterocycles. The number of ether oxygens (including phenoxy) is 2. The number of carbonyl (C=O) groups excluding carboxylic acids is 1. The van der Waals surface area contributed by atoms with Crippen molar-refractivity contribution in [2.45, 2.75) is 25.4 Å². The maximum Gasteiger partial charge on any atom is 0.310 e. The quantitative estimate of drug-likeness (QED) is 0.401. The van der Waals surface area contributed by atoms with Crippen LogP contribution in [0.1, 0.15) is 36.5 Å². The number of likely N-dealkylation sites (tertiary alicyclic amines) is 1. The summed E-state index contributed by atoms with van der Waals surface area (Å²) < 4.78 is 37.7. The molecule has 3 aromatic rings. The van der Waals surface area contributed by atoms with Crippen LogP contribution in [0.2, 0.25) is 0 Å². The number of aromatic nitrogens is 1. The molecule has 1 fully saturated rings. The molecule has 196 valence electrons. The van der Waals surface area contributed by atoms with E-state index in [1.165, 1.54) is 7.11 Å². The smallest absolute Gasteiger partial charge is 0.310 e. The van der Waals surface area contributed by atoms with Crippen molar-refractivity contribution in [1.82, 2.24) is 9.88 Å². The number of halogens is 2. The zero-order chi connectivity index (χ0) is 26.4. The summed E-state index contributed by atoms with van der Waals surface area (Å²) in [5, 5.41) is 11.9. The number of fused-ring (bicyclic) bond motifs is 1. The van der Waals surface area contributed by atoms with Crippen LogP contribution < -0.4 is 4.74 Å². The molecule has 1 aromatic heterocycles. The van der Waals surface area contributed by atoms with Crippen molar-refractivity contribution in [3.63, 3.8) is 0 Å². The Morgan fingerprint density at radius 2 is 2.08 bits per heavy atom. The zero-order valence-electron chi connectivity index (χ0n) is 21.1. The Morgan fingerprint density at radius 3 is 2.86 bits per heavy atom. The highest BCUT2D eigenvalue weighted by Crippen LogP contribution is 2.34. The molecule has 0 spiro atoms. The fraction of sp³-hybridized carbons (Fsp3) is 0.379. The van der Waals surface area contributed by atoms with Crippen LogP contribution in [0.15, 0.2) is 54.7 Å². The number of nitrogens with zero attached hydrogens (tertiary/aromatic N) is 2. The Kier molecular flexibility index (Phi) is 8.84. The first-order chi connectivity index (χ1) is 17.9. The van der Waals surface area contributed by atoms with Crippen LogP contribution in [0.3, 0.4) is 0 Å². The predicted octanol–water partition coefficient (Wildman–Crippen LogP) is 5.16. The Balaban J connectivity index is 1.39. The lowest BCUT2D eigenvalue weighted by atomic mass is 9.81. The molecule has 37 heavy (non-hydrogen) atoms. The van der Waals surface area contributed by atoms with Crippen molar-refractivity contribution in [1.29, 1.82) is 0 Å². The normalized spacial score (nSPS) is 19.3. The number of esters is 1. The summed E-state index contributed by atoms with van der Waals surface area (Å²) in [4.78, 5) is 19.1. The SMILES string of the molecule is COC(=O)C1CN(CC=Cc2cc(F)ccc2F)CCC1CC[C@H](O)c1cccc2ncc(OC)cc12. The largest absolute Gasteiger partial charge is 0.495 e. The van der Waals surface area contributed by atoms with Gasteiger partial charge in [-0.25, -0.2) is 8.78 Å². The highest BCUT2D eigenvalue weighted by atomic mass is 19.1. The van der Waals surface area contributed by atoms with Gasteiger partial charge in [0.1, 0.15) is 17.4 Å². The van der Waals surface area contributed by atoms with Crippen molar-refractivity contribution >= 4 is 22.9 Å². The zero-order valence-corrected chi connectivity index (χ0v) is 21.1. The van der Waals surface area contributed by atoms with Gasteiger partial charge in [0.05, 0.1) is 38.0 Å². The number of carbonyl (C=O) groups is 1. The Bertz CT molecular complexity index is 1270. The molecule has 3 atom stereocenters. The number of piperidine rings is 1. The van der Waals surface area contributed by atoms with E-state index in [0.717, 1.165) is 47.6 Å². The molecule has 2 heterocycles. The van der Waals surface area contributed by atoms with Crippen LogP contribution in [0.5, 0.6) is 5.75 Å². The molecule has 0 saturated carbocycles. The molecular weight excluding hydrogens is 478 g/mol. The molecule has 0 aliphatic carbocycles. The first-order valence-corrected chi connectivity index (χ1v) is 12.4. The third kappa shape index (κ3) is 6.50. The molecule has 2 aromatic carbocycles. The second-order valence-corrected chi connectivity index (χ2v) is 9.39. The molecule has 4 rings (SSSR count). The van der Waals surface area contributed by atoms with Gasteiger partial charge in [-0.1, -0.05) is 24.3 Å². The van der Waals surface area contributed by atoms with E-state index in [2.05, 4.69) is 9.88 Å². The van der Waals surface area contributed by atoms with E-state index in [0.29, 0.717) is 31.7 Å². The molecule has 8 heteroatoms. The van der Waals surface area contributed by atoms with Gasteiger partial charge in [-0.2, -0.15) is 0 Å². The first-order valence-electron chi connectivity index (χ1n) is 12.4. The van der Waals surface area contributed by atoms with E-state index in [9.17, 15) is 18.7 Å². The Hall–Kier alpha value is -3.36. The number of aliphatic hydroxyl groups excluding tert-OH is 1. The second kappa shape index (κ2) is 12.3. The van der Waals surface area contributed by atoms with Gasteiger partial charge in [-0.3, -0.25) is 14.7 Å². The molecular formula is C29H32F2N2O4. The molecule has 1 aliphatic rings. The van der Waals surface area contributed by atoms with Crippen molar-refractivity contribution in [2.24, 2.45) is 11.8 Å². The lowest BCUT2D eigenvalue weighted by Gasteiger charge is -2.37. The fourth-order valence-electron chi connectivity index (χ4n) is 5.05. The van der Waals surface area contributed by atoms with Gasteiger partial charge in [-0.05, 0) is 67.6 Å². The van der Waals surface area contributed by atoms with Gasteiger partial charge in [0.25, 0.3) is 0 Å². The number of methoxy groups -OCH3 is 2. The van der Waals surface area contributed by atoms with Gasteiger partial charge in [0, 0.05) is 24.0 Å². The van der Waals surface area contributed by atoms with Crippen molar-refractivity contribution in [3.05, 3.63) is 77.5 Å². The summed E-state index contributed by atoms with van der Waals surface area (Å²) in [5.41, 5.74) is 1.75. The number of rotatable bonds is 9. The fourth-order valence-corrected chi connectivity index (χ4v) is 5.05. The minimum absolute atomic E-state index is 0.0608. The third-order valence-corrected chi connectivity index (χ3v) is 7.10. The van der Waals surface area contributed by atoms with Crippen LogP contribution in [0, 0.1) is 23.5 Å². The van der Waals surface area contributed by atoms with Crippen LogP contribution >= 0.6 is 0 Å². The average molecular weight is 511 g/mol. The van der Waals surface area contributed by atoms with Crippen molar-refractivity contribution in [2.75, 3.05) is 33.9 Å². The van der Waals surface area contributed by atoms with E-state index < -0.39 is 17.7 Å². The topological polar surface area (TPSA) is 71.9 Å². The van der Waals surface area contributed by atoms with Gasteiger partial charge >= 0.3 is 5.97 Å². The molecule has 2 unspecified atom stereocenters. The minimum Gasteiger partial charge on any atom is -0.495 e. The highest BCUT2D eigenvalue weighted by molar-refractivity contribution is 5.83. The van der Waals surface area contributed by atoms with Crippen LogP contribution in [0.4, 0.5) is 8.78 Å². The maximum atomic E-state index is 13.9. The summed E-state index contributed by atoms with van der Waals surface area (Å²) >= 11 is 0. The highest BCUT2D eigenvalue weighted by Gasteiger charge is 2.35. The summed E-state index contributed by atoms with van der Waals surface area (Å²) in [7, 11) is 2.97. The van der Waals surface area contributed by atoms with E-state index in [1.807, 2.05) is 24.3 Å². The molecule has 0 amide bonds. The Morgan fingerprint density at radius 1 is 1.24 bits per heavy atom. The van der Waals surface area contributed by atoms with Gasteiger partial charge in [0.2, 0.25) is 0 Å². The molecule has 1 N–H and O–H groups in total. The number of hydrogen-bond acceptors (Lipinski definition) is 6. The average Bonchev–Trinajstić information content (AvgIpc) is 2.92. The number of benzene rings is 2. The maximum absolute atomic E-state index is 13.9. The summed E-state index contributed by atoms with van der Waals surface area (Å²) in [6.07, 6.45) is 6.19. The first kappa shape index (κ1) is 26.7. The summed E-state index contributed by atoms with van der Waals surface area (Å²) in [5.74, 6) is -0.899. The van der Waals surface area contributed by atoms with Crippen LogP contribution in [0.25, 0.3) is 17.0 Å². The van der Waals surface area contributed by atoms with Crippen molar-refractivity contribution < 1.29 is 28.2 Å². The Labute approximate surface area is 215 Å². The van der Waals surface area contributed by atoms with E-state index >= 15 is 0 Å². The number of hydrogen-bond donors (Lipinski definition) is 1. The van der Waals surface area contributed by atoms with Crippen molar-refractivity contribution in [3.8, 4) is 5.75 Å². The molecule has 0 bridgehead atoms. The molecule has 1 aliphatic heterocycles. The van der Waals surface area contributed by atoms with Crippen LogP contribution in [-0.2, 0) is 9.53 Å². The monoisotopic (exact) mass is 510 g/mol. The van der Waals surface area contributed by atoms with E-state index in [4.69, 9.17) is 9.47 Å². The number of pyridine rings is 1.